The van der Waals surface area contributed by atoms with E-state index in [4.69, 9.17) is 5.84 Å². The summed E-state index contributed by atoms with van der Waals surface area (Å²) in [6, 6.07) is 8.36. The van der Waals surface area contributed by atoms with Gasteiger partial charge in [-0.2, -0.15) is 0 Å². The fourth-order valence-corrected chi connectivity index (χ4v) is 3.85. The molecular formula is C18H25N5OS. The van der Waals surface area contributed by atoms with E-state index in [1.807, 2.05) is 31.2 Å². The Kier molecular flexibility index (Phi) is 5.96. The van der Waals surface area contributed by atoms with Crippen molar-refractivity contribution in [3.63, 3.8) is 0 Å². The summed E-state index contributed by atoms with van der Waals surface area (Å²) < 4.78 is 1.49. The van der Waals surface area contributed by atoms with Crippen molar-refractivity contribution in [3.05, 3.63) is 29.8 Å². The number of thioether (sulfide) groups is 1. The lowest BCUT2D eigenvalue weighted by Gasteiger charge is -2.22. The Morgan fingerprint density at radius 2 is 1.96 bits per heavy atom. The standard InChI is InChI=1S/C18H25N5OS/c1-13-7-9-14(10-8-13)17-21-22-18(23(17)19)25-12-11-16(24)20-15-5-3-2-4-6-15/h7-10,15H,2-6,11-12,19H2,1H3,(H,20,24). The van der Waals surface area contributed by atoms with Crippen LogP contribution >= 0.6 is 11.8 Å². The number of amides is 1. The van der Waals surface area contributed by atoms with E-state index in [1.54, 1.807) is 0 Å². The van der Waals surface area contributed by atoms with Crippen molar-refractivity contribution in [2.45, 2.75) is 56.6 Å². The topological polar surface area (TPSA) is 85.8 Å². The third-order valence-corrected chi connectivity index (χ3v) is 5.45. The number of hydrogen-bond acceptors (Lipinski definition) is 5. The van der Waals surface area contributed by atoms with Gasteiger partial charge in [0.25, 0.3) is 0 Å². The van der Waals surface area contributed by atoms with Crippen LogP contribution in [0.2, 0.25) is 0 Å². The predicted octanol–water partition coefficient (Wildman–Crippen LogP) is 2.90. The van der Waals surface area contributed by atoms with Gasteiger partial charge < -0.3 is 11.2 Å². The number of nitrogens with zero attached hydrogens (tertiary/aromatic N) is 3. The van der Waals surface area contributed by atoms with Gasteiger partial charge in [-0.05, 0) is 19.8 Å². The number of nitrogens with one attached hydrogen (secondary N) is 1. The van der Waals surface area contributed by atoms with Crippen LogP contribution in [0.3, 0.4) is 0 Å². The molecule has 6 nitrogen and oxygen atoms in total. The normalized spacial score (nSPS) is 15.2. The van der Waals surface area contributed by atoms with Crippen molar-refractivity contribution < 1.29 is 4.79 Å². The molecule has 1 fully saturated rings. The zero-order chi connectivity index (χ0) is 17.6. The molecule has 1 aromatic heterocycles. The Morgan fingerprint density at radius 1 is 1.24 bits per heavy atom. The summed E-state index contributed by atoms with van der Waals surface area (Å²) in [5.74, 6) is 7.50. The van der Waals surface area contributed by atoms with E-state index in [2.05, 4.69) is 15.5 Å². The summed E-state index contributed by atoms with van der Waals surface area (Å²) in [6.45, 7) is 2.04. The van der Waals surface area contributed by atoms with Gasteiger partial charge >= 0.3 is 0 Å². The third kappa shape index (κ3) is 4.75. The zero-order valence-corrected chi connectivity index (χ0v) is 15.4. The summed E-state index contributed by atoms with van der Waals surface area (Å²) in [5, 5.41) is 12.1. The van der Waals surface area contributed by atoms with Gasteiger partial charge in [-0.25, -0.2) is 4.68 Å². The Morgan fingerprint density at radius 3 is 2.68 bits per heavy atom. The fraction of sp³-hybridized carbons (Fsp3) is 0.500. The second-order valence-corrected chi connectivity index (χ2v) is 7.61. The van der Waals surface area contributed by atoms with E-state index in [9.17, 15) is 4.79 Å². The van der Waals surface area contributed by atoms with E-state index in [0.29, 0.717) is 29.2 Å². The maximum Gasteiger partial charge on any atom is 0.221 e. The molecule has 0 atom stereocenters. The molecule has 7 heteroatoms. The molecule has 1 saturated carbocycles. The van der Waals surface area contributed by atoms with Crippen LogP contribution in [0.25, 0.3) is 11.4 Å². The lowest BCUT2D eigenvalue weighted by atomic mass is 9.95. The summed E-state index contributed by atoms with van der Waals surface area (Å²) in [7, 11) is 0. The van der Waals surface area contributed by atoms with E-state index in [-0.39, 0.29) is 5.91 Å². The molecule has 0 radical (unpaired) electrons. The van der Waals surface area contributed by atoms with E-state index < -0.39 is 0 Å². The number of aromatic nitrogens is 3. The average molecular weight is 359 g/mol. The van der Waals surface area contributed by atoms with Gasteiger partial charge in [0, 0.05) is 23.8 Å². The molecule has 1 aliphatic carbocycles. The number of benzene rings is 1. The Hall–Kier alpha value is -2.02. The highest BCUT2D eigenvalue weighted by Gasteiger charge is 2.16. The molecule has 3 N–H and O–H groups in total. The molecule has 2 aromatic rings. The van der Waals surface area contributed by atoms with Gasteiger partial charge in [-0.3, -0.25) is 4.79 Å². The van der Waals surface area contributed by atoms with Gasteiger partial charge in [0.15, 0.2) is 5.82 Å². The smallest absolute Gasteiger partial charge is 0.221 e. The molecule has 1 aromatic carbocycles. The highest BCUT2D eigenvalue weighted by molar-refractivity contribution is 7.99. The number of carbonyl (C=O) groups excluding carboxylic acids is 1. The summed E-state index contributed by atoms with van der Waals surface area (Å²) >= 11 is 1.46. The SMILES string of the molecule is Cc1ccc(-c2nnc(SCCC(=O)NC3CCCCC3)n2N)cc1. The van der Waals surface area contributed by atoms with Gasteiger partial charge in [0.05, 0.1) is 0 Å². The van der Waals surface area contributed by atoms with Gasteiger partial charge in [-0.1, -0.05) is 60.9 Å². The number of hydrogen-bond donors (Lipinski definition) is 2. The highest BCUT2D eigenvalue weighted by atomic mass is 32.2. The van der Waals surface area contributed by atoms with Crippen molar-refractivity contribution in [1.82, 2.24) is 20.2 Å². The predicted molar refractivity (Wildman–Crippen MR) is 101 cm³/mol. The summed E-state index contributed by atoms with van der Waals surface area (Å²) in [4.78, 5) is 12.0. The van der Waals surface area contributed by atoms with Crippen LogP contribution in [-0.2, 0) is 4.79 Å². The van der Waals surface area contributed by atoms with Crippen molar-refractivity contribution in [3.8, 4) is 11.4 Å². The quantitative estimate of drug-likeness (QED) is 0.612. The number of nitrogen functional groups attached to an aromatic ring is 1. The van der Waals surface area contributed by atoms with Crippen molar-refractivity contribution in [1.29, 1.82) is 0 Å². The van der Waals surface area contributed by atoms with Crippen molar-refractivity contribution >= 4 is 17.7 Å². The zero-order valence-electron chi connectivity index (χ0n) is 14.6. The summed E-state index contributed by atoms with van der Waals surface area (Å²) in [5.41, 5.74) is 2.12. The Bertz CT molecular complexity index is 707. The molecule has 1 aliphatic rings. The third-order valence-electron chi connectivity index (χ3n) is 4.50. The Labute approximate surface area is 152 Å². The largest absolute Gasteiger partial charge is 0.353 e. The van der Waals surface area contributed by atoms with E-state index >= 15 is 0 Å². The minimum atomic E-state index is 0.112. The molecule has 0 unspecified atom stereocenters. The lowest BCUT2D eigenvalue weighted by molar-refractivity contribution is -0.121. The molecule has 3 rings (SSSR count). The van der Waals surface area contributed by atoms with Crippen molar-refractivity contribution in [2.24, 2.45) is 0 Å². The first kappa shape index (κ1) is 17.8. The maximum atomic E-state index is 12.0. The number of aryl methyl sites for hydroxylation is 1. The van der Waals surface area contributed by atoms with Gasteiger partial charge in [0.1, 0.15) is 0 Å². The van der Waals surface area contributed by atoms with Crippen LogP contribution in [0.4, 0.5) is 0 Å². The molecule has 0 saturated heterocycles. The first-order valence-electron chi connectivity index (χ1n) is 8.83. The first-order valence-corrected chi connectivity index (χ1v) is 9.82. The Balaban J connectivity index is 1.50. The number of carbonyl (C=O) groups is 1. The number of nitrogens with two attached hydrogens (primary N) is 1. The van der Waals surface area contributed by atoms with E-state index in [1.165, 1.54) is 41.3 Å². The maximum absolute atomic E-state index is 12.0. The highest BCUT2D eigenvalue weighted by Crippen LogP contribution is 2.22. The molecule has 0 spiro atoms. The molecular weight excluding hydrogens is 334 g/mol. The van der Waals surface area contributed by atoms with Crippen LogP contribution in [0, 0.1) is 6.92 Å². The molecule has 0 bridgehead atoms. The van der Waals surface area contributed by atoms with Crippen molar-refractivity contribution in [2.75, 3.05) is 11.6 Å². The first-order chi connectivity index (χ1) is 12.1. The minimum Gasteiger partial charge on any atom is -0.353 e. The monoisotopic (exact) mass is 359 g/mol. The van der Waals surface area contributed by atoms with Crippen LogP contribution in [0.15, 0.2) is 29.4 Å². The van der Waals surface area contributed by atoms with Gasteiger partial charge in [-0.15, -0.1) is 10.2 Å². The van der Waals surface area contributed by atoms with E-state index in [0.717, 1.165) is 18.4 Å². The fourth-order valence-electron chi connectivity index (χ4n) is 3.06. The minimum absolute atomic E-state index is 0.112. The lowest BCUT2D eigenvalue weighted by Crippen LogP contribution is -2.36. The van der Waals surface area contributed by atoms with Gasteiger partial charge in [0.2, 0.25) is 11.1 Å². The number of rotatable bonds is 6. The average Bonchev–Trinajstić information content (AvgIpc) is 2.97. The summed E-state index contributed by atoms with van der Waals surface area (Å²) in [6.07, 6.45) is 6.41. The molecule has 0 aliphatic heterocycles. The second-order valence-electron chi connectivity index (χ2n) is 6.54. The molecule has 1 heterocycles. The van der Waals surface area contributed by atoms with Crippen LogP contribution in [0.5, 0.6) is 0 Å². The van der Waals surface area contributed by atoms with Crippen LogP contribution in [-0.4, -0.2) is 32.6 Å². The molecule has 1 amide bonds. The second kappa shape index (κ2) is 8.38. The molecule has 25 heavy (non-hydrogen) atoms. The molecule has 134 valence electrons. The van der Waals surface area contributed by atoms with Crippen LogP contribution < -0.4 is 11.2 Å². The van der Waals surface area contributed by atoms with Crippen LogP contribution in [0.1, 0.15) is 44.1 Å².